The maximum absolute atomic E-state index is 13.5. The molecule has 198 valence electrons. The van der Waals surface area contributed by atoms with Gasteiger partial charge in [0.1, 0.15) is 5.75 Å². The summed E-state index contributed by atoms with van der Waals surface area (Å²) in [4.78, 5) is 44.2. The van der Waals surface area contributed by atoms with Gasteiger partial charge in [0.15, 0.2) is 5.69 Å². The molecular formula is C27H29ClN5O5+. The Morgan fingerprint density at radius 2 is 1.95 bits per heavy atom. The number of hydrogen-bond donors (Lipinski definition) is 1. The lowest BCUT2D eigenvalue weighted by molar-refractivity contribution is -1.01. The normalized spacial score (nSPS) is 19.3. The van der Waals surface area contributed by atoms with E-state index in [-0.39, 0.29) is 25.4 Å². The average molecular weight is 539 g/mol. The molecule has 2 aromatic carbocycles. The van der Waals surface area contributed by atoms with Crippen LogP contribution in [-0.2, 0) is 14.4 Å². The van der Waals surface area contributed by atoms with Gasteiger partial charge < -0.3 is 15.0 Å². The highest BCUT2D eigenvalue weighted by atomic mass is 35.5. The molecule has 0 bridgehead atoms. The molecule has 5 rings (SSSR count). The van der Waals surface area contributed by atoms with Crippen LogP contribution in [0, 0.1) is 0 Å². The first-order valence-corrected chi connectivity index (χ1v) is 13.0. The van der Waals surface area contributed by atoms with E-state index in [1.807, 2.05) is 30.3 Å². The summed E-state index contributed by atoms with van der Waals surface area (Å²) in [5.41, 5.74) is 2.06. The molecule has 0 radical (unpaired) electrons. The molecule has 2 aliphatic rings. The van der Waals surface area contributed by atoms with Gasteiger partial charge in [-0.05, 0) is 67.3 Å². The van der Waals surface area contributed by atoms with Crippen molar-refractivity contribution in [3.63, 3.8) is 0 Å². The molecule has 11 heteroatoms. The van der Waals surface area contributed by atoms with Crippen LogP contribution >= 0.6 is 11.6 Å². The summed E-state index contributed by atoms with van der Waals surface area (Å²) in [7, 11) is 0. The van der Waals surface area contributed by atoms with E-state index in [2.05, 4.69) is 15.3 Å². The zero-order valence-corrected chi connectivity index (χ0v) is 21.6. The van der Waals surface area contributed by atoms with E-state index in [0.717, 1.165) is 31.6 Å². The Hall–Kier alpha value is -3.73. The largest absolute Gasteiger partial charge is 0.494 e. The van der Waals surface area contributed by atoms with Crippen molar-refractivity contribution in [2.24, 2.45) is 0 Å². The number of hydroxylamine groups is 3. The number of hydrogen-bond acceptors (Lipinski definition) is 7. The molecule has 38 heavy (non-hydrogen) atoms. The highest BCUT2D eigenvalue weighted by Crippen LogP contribution is 2.30. The number of carbonyl (C=O) groups is 3. The second-order valence-electron chi connectivity index (χ2n) is 9.40. The third-order valence-electron chi connectivity index (χ3n) is 6.74. The first-order chi connectivity index (χ1) is 18.5. The van der Waals surface area contributed by atoms with Gasteiger partial charge in [0, 0.05) is 23.2 Å². The van der Waals surface area contributed by atoms with Gasteiger partial charge in [0.05, 0.1) is 18.0 Å². The molecule has 1 aromatic heterocycles. The third kappa shape index (κ3) is 5.57. The number of rotatable bonds is 10. The molecule has 2 fully saturated rings. The number of ether oxygens (including phenoxy) is 1. The molecule has 2 saturated heterocycles. The number of amides is 2. The maximum atomic E-state index is 13.5. The van der Waals surface area contributed by atoms with Crippen LogP contribution in [0.25, 0.3) is 16.9 Å². The van der Waals surface area contributed by atoms with Gasteiger partial charge in [0.2, 0.25) is 13.2 Å². The Labute approximate surface area is 225 Å². The molecular weight excluding hydrogens is 510 g/mol. The third-order valence-corrected chi connectivity index (χ3v) is 6.98. The first kappa shape index (κ1) is 25.9. The smallest absolute Gasteiger partial charge is 0.409 e. The fourth-order valence-corrected chi connectivity index (χ4v) is 5.03. The molecule has 1 atom stereocenters. The van der Waals surface area contributed by atoms with E-state index in [0.29, 0.717) is 28.8 Å². The molecule has 2 aliphatic heterocycles. The van der Waals surface area contributed by atoms with Crippen LogP contribution in [0.5, 0.6) is 5.75 Å². The van der Waals surface area contributed by atoms with Crippen molar-refractivity contribution >= 4 is 29.9 Å². The topological polar surface area (TPSA) is 103 Å². The molecule has 2 amide bonds. The zero-order chi connectivity index (χ0) is 26.5. The van der Waals surface area contributed by atoms with Crippen LogP contribution in [0.2, 0.25) is 5.02 Å². The number of benzene rings is 2. The molecule has 1 unspecified atom stereocenters. The number of likely N-dealkylation sites (tertiary alicyclic amines) is 1. The van der Waals surface area contributed by atoms with Gasteiger partial charge in [-0.2, -0.15) is 5.10 Å². The van der Waals surface area contributed by atoms with Crippen molar-refractivity contribution in [2.45, 2.75) is 19.3 Å². The van der Waals surface area contributed by atoms with Gasteiger partial charge in [0.25, 0.3) is 5.91 Å². The fraction of sp³-hybridized carbons (Fsp3) is 0.333. The summed E-state index contributed by atoms with van der Waals surface area (Å²) < 4.78 is 6.80. The lowest BCUT2D eigenvalue weighted by atomic mass is 10.1. The van der Waals surface area contributed by atoms with E-state index in [4.69, 9.17) is 21.2 Å². The predicted octanol–water partition coefficient (Wildman–Crippen LogP) is 3.19. The summed E-state index contributed by atoms with van der Waals surface area (Å²) >= 11 is 6.25. The van der Waals surface area contributed by atoms with E-state index < -0.39 is 16.5 Å². The molecule has 10 nitrogen and oxygen atoms in total. The van der Waals surface area contributed by atoms with Gasteiger partial charge in [-0.3, -0.25) is 9.63 Å². The maximum Gasteiger partial charge on any atom is 0.409 e. The molecule has 3 heterocycles. The van der Waals surface area contributed by atoms with Crippen LogP contribution in [0.3, 0.4) is 0 Å². The highest BCUT2D eigenvalue weighted by Gasteiger charge is 2.50. The van der Waals surface area contributed by atoms with E-state index in [1.54, 1.807) is 28.9 Å². The highest BCUT2D eigenvalue weighted by molar-refractivity contribution is 6.30. The molecule has 3 aromatic rings. The SMILES string of the molecule is O=CO[N+]1(C(=O)c2cc(-c3cccc(OCCCN4CCCC4)c3)n(-c3cccc(Cl)c3)n2)CNC(=O)C1. The summed E-state index contributed by atoms with van der Waals surface area (Å²) in [6.45, 7) is 3.61. The van der Waals surface area contributed by atoms with Crippen molar-refractivity contribution in [3.8, 4) is 22.7 Å². The van der Waals surface area contributed by atoms with Crippen LogP contribution in [0.4, 0.5) is 0 Å². The van der Waals surface area contributed by atoms with Gasteiger partial charge in [-0.1, -0.05) is 29.8 Å². The van der Waals surface area contributed by atoms with Gasteiger partial charge in [-0.25, -0.2) is 14.3 Å². The Morgan fingerprint density at radius 3 is 2.68 bits per heavy atom. The summed E-state index contributed by atoms with van der Waals surface area (Å²) in [6.07, 6.45) is 3.47. The van der Waals surface area contributed by atoms with Crippen molar-refractivity contribution in [1.82, 2.24) is 20.0 Å². The summed E-state index contributed by atoms with van der Waals surface area (Å²) in [5.74, 6) is -0.311. The second kappa shape index (κ2) is 11.3. The minimum absolute atomic E-state index is 0.0373. The van der Waals surface area contributed by atoms with E-state index in [1.165, 1.54) is 12.8 Å². The predicted molar refractivity (Wildman–Crippen MR) is 139 cm³/mol. The van der Waals surface area contributed by atoms with Crippen molar-refractivity contribution in [2.75, 3.05) is 39.5 Å². The lowest BCUT2D eigenvalue weighted by Gasteiger charge is -2.22. The number of halogens is 1. The van der Waals surface area contributed by atoms with Crippen molar-refractivity contribution in [3.05, 3.63) is 65.3 Å². The Kier molecular flexibility index (Phi) is 7.73. The van der Waals surface area contributed by atoms with Crippen LogP contribution in [0.15, 0.2) is 54.6 Å². The van der Waals surface area contributed by atoms with Crippen molar-refractivity contribution in [1.29, 1.82) is 0 Å². The minimum atomic E-state index is -0.839. The number of aromatic nitrogens is 2. The second-order valence-corrected chi connectivity index (χ2v) is 9.83. The first-order valence-electron chi connectivity index (χ1n) is 12.6. The minimum Gasteiger partial charge on any atom is -0.494 e. The lowest BCUT2D eigenvalue weighted by Crippen LogP contribution is -2.51. The standard InChI is InChI=1S/C27H28ClN5O5/c28-21-7-4-8-22(15-21)32-25(16-24(30-32)27(36)33(38-19-34)17-26(35)29-18-33)20-6-3-9-23(14-20)37-13-5-12-31-10-1-2-11-31/h3-4,6-9,14-16,19H,1-2,5,10-13,17-18H2/p+1. The van der Waals surface area contributed by atoms with E-state index in [9.17, 15) is 14.4 Å². The quantitative estimate of drug-likeness (QED) is 0.240. The van der Waals surface area contributed by atoms with Crippen LogP contribution in [0.1, 0.15) is 29.8 Å². The fourth-order valence-electron chi connectivity index (χ4n) is 4.84. The molecule has 0 saturated carbocycles. The summed E-state index contributed by atoms with van der Waals surface area (Å²) in [6, 6.07) is 16.3. The molecule has 0 aliphatic carbocycles. The summed E-state index contributed by atoms with van der Waals surface area (Å²) in [5, 5.41) is 7.61. The van der Waals surface area contributed by atoms with Gasteiger partial charge in [-0.15, -0.1) is 0 Å². The molecule has 1 N–H and O–H groups in total. The molecule has 0 spiro atoms. The Bertz CT molecular complexity index is 1340. The number of carbonyl (C=O) groups excluding carboxylic acids is 3. The number of nitrogens with zero attached hydrogens (tertiary/aromatic N) is 4. The number of nitrogens with one attached hydrogen (secondary N) is 1. The van der Waals surface area contributed by atoms with Crippen molar-refractivity contribution < 1.29 is 28.6 Å². The van der Waals surface area contributed by atoms with Crippen LogP contribution < -0.4 is 10.1 Å². The zero-order valence-electron chi connectivity index (χ0n) is 20.8. The van der Waals surface area contributed by atoms with E-state index >= 15 is 0 Å². The Morgan fingerprint density at radius 1 is 1.13 bits per heavy atom. The average Bonchev–Trinajstić information content (AvgIpc) is 3.67. The van der Waals surface area contributed by atoms with Gasteiger partial charge >= 0.3 is 12.4 Å². The Balaban J connectivity index is 1.44. The van der Waals surface area contributed by atoms with Crippen LogP contribution in [-0.4, -0.2) is 77.1 Å². The number of quaternary nitrogens is 1. The monoisotopic (exact) mass is 538 g/mol.